The van der Waals surface area contributed by atoms with E-state index in [0.29, 0.717) is 5.92 Å². The molecule has 0 aliphatic carbocycles. The second-order valence-corrected chi connectivity index (χ2v) is 7.55. The molecule has 0 bridgehead atoms. The van der Waals surface area contributed by atoms with E-state index in [1.165, 1.54) is 10.6 Å². The zero-order chi connectivity index (χ0) is 16.3. The molecule has 0 radical (unpaired) electrons. The number of aromatic nitrogens is 1. The lowest BCUT2D eigenvalue weighted by molar-refractivity contribution is 0.0958. The van der Waals surface area contributed by atoms with Crippen LogP contribution in [0.25, 0.3) is 0 Å². The number of thiazole rings is 1. The van der Waals surface area contributed by atoms with Crippen LogP contribution in [0.15, 0.2) is 4.99 Å². The molecule has 0 spiro atoms. The van der Waals surface area contributed by atoms with Crippen molar-refractivity contribution >= 4 is 17.4 Å². The largest absolute Gasteiger partial charge is 0.376 e. The van der Waals surface area contributed by atoms with Crippen molar-refractivity contribution in [2.45, 2.75) is 66.2 Å². The smallest absolute Gasteiger partial charge is 0.343 e. The summed E-state index contributed by atoms with van der Waals surface area (Å²) >= 11 is 1.57. The maximum atomic E-state index is 12.1. The molecule has 2 heterocycles. The minimum Gasteiger partial charge on any atom is -0.376 e. The number of carbonyl (C=O) groups is 1. The molecule has 2 atom stereocenters. The predicted octanol–water partition coefficient (Wildman–Crippen LogP) is 3.00. The van der Waals surface area contributed by atoms with E-state index >= 15 is 0 Å². The molecule has 1 aromatic heterocycles. The highest BCUT2D eigenvalue weighted by atomic mass is 32.1. The van der Waals surface area contributed by atoms with E-state index in [9.17, 15) is 4.79 Å². The van der Waals surface area contributed by atoms with E-state index in [1.54, 1.807) is 11.3 Å². The van der Waals surface area contributed by atoms with Crippen LogP contribution in [-0.4, -0.2) is 29.4 Å². The normalized spacial score (nSPS) is 20.6. The fourth-order valence-corrected chi connectivity index (χ4v) is 3.35. The van der Waals surface area contributed by atoms with Crippen LogP contribution in [0.4, 0.5) is 4.79 Å². The van der Waals surface area contributed by atoms with E-state index in [0.717, 1.165) is 30.8 Å². The van der Waals surface area contributed by atoms with Gasteiger partial charge in [0.15, 0.2) is 4.80 Å². The van der Waals surface area contributed by atoms with E-state index in [-0.39, 0.29) is 18.2 Å². The van der Waals surface area contributed by atoms with Gasteiger partial charge in [0.2, 0.25) is 0 Å². The Morgan fingerprint density at radius 1 is 1.45 bits per heavy atom. The van der Waals surface area contributed by atoms with Gasteiger partial charge >= 0.3 is 6.03 Å². The van der Waals surface area contributed by atoms with Crippen molar-refractivity contribution in [2.24, 2.45) is 10.9 Å². The van der Waals surface area contributed by atoms with Gasteiger partial charge in [-0.25, -0.2) is 4.79 Å². The maximum Gasteiger partial charge on any atom is 0.343 e. The molecule has 0 aromatic carbocycles. The quantitative estimate of drug-likeness (QED) is 0.925. The molecule has 1 fully saturated rings. The molecule has 5 nitrogen and oxygen atoms in total. The fraction of sp³-hybridized carbons (Fsp3) is 0.750. The van der Waals surface area contributed by atoms with E-state index < -0.39 is 0 Å². The second kappa shape index (κ2) is 7.42. The molecule has 6 heteroatoms. The number of nitrogens with one attached hydrogen (secondary N) is 1. The molecule has 1 aliphatic heterocycles. The lowest BCUT2D eigenvalue weighted by Crippen LogP contribution is -2.36. The first-order valence-electron chi connectivity index (χ1n) is 8.02. The molecule has 1 unspecified atom stereocenters. The van der Waals surface area contributed by atoms with Crippen LogP contribution < -0.4 is 10.1 Å². The lowest BCUT2D eigenvalue weighted by atomic mass is 10.1. The Balaban J connectivity index is 2.20. The minimum atomic E-state index is -0.261. The molecule has 2 amide bonds. The number of urea groups is 1. The van der Waals surface area contributed by atoms with Gasteiger partial charge in [-0.1, -0.05) is 13.8 Å². The van der Waals surface area contributed by atoms with Crippen LogP contribution in [0.1, 0.15) is 44.2 Å². The van der Waals surface area contributed by atoms with Gasteiger partial charge in [0.1, 0.15) is 0 Å². The molecule has 1 N–H and O–H groups in total. The standard InChI is InChI=1S/C16H27N3O2S/c1-10(2)11(3)17-15(20)18-16-19(12(4)13(5)22-16)9-14-7-6-8-21-14/h10-11,14H,6-9H2,1-5H3,(H,17,20)/b18-16-/t11-,14?/m0/s1. The summed E-state index contributed by atoms with van der Waals surface area (Å²) in [5.41, 5.74) is 1.17. The topological polar surface area (TPSA) is 55.6 Å². The first-order valence-corrected chi connectivity index (χ1v) is 8.83. The van der Waals surface area contributed by atoms with E-state index in [4.69, 9.17) is 4.74 Å². The van der Waals surface area contributed by atoms with Crippen LogP contribution in [0.5, 0.6) is 0 Å². The van der Waals surface area contributed by atoms with Gasteiger partial charge in [-0.15, -0.1) is 11.3 Å². The van der Waals surface area contributed by atoms with Crippen LogP contribution in [0.3, 0.4) is 0 Å². The molecule has 1 aromatic rings. The monoisotopic (exact) mass is 325 g/mol. The highest BCUT2D eigenvalue weighted by Gasteiger charge is 2.19. The van der Waals surface area contributed by atoms with Gasteiger partial charge < -0.3 is 14.6 Å². The number of hydrogen-bond acceptors (Lipinski definition) is 3. The van der Waals surface area contributed by atoms with Crippen LogP contribution >= 0.6 is 11.3 Å². The Morgan fingerprint density at radius 3 is 2.77 bits per heavy atom. The number of rotatable bonds is 4. The van der Waals surface area contributed by atoms with Gasteiger partial charge in [0.05, 0.1) is 12.6 Å². The molecule has 0 saturated carbocycles. The molecular formula is C16H27N3O2S. The second-order valence-electron chi connectivity index (χ2n) is 6.37. The fourth-order valence-electron chi connectivity index (χ4n) is 2.37. The van der Waals surface area contributed by atoms with Crippen molar-refractivity contribution < 1.29 is 9.53 Å². The van der Waals surface area contributed by atoms with Crippen LogP contribution in [0, 0.1) is 19.8 Å². The van der Waals surface area contributed by atoms with Crippen molar-refractivity contribution in [3.63, 3.8) is 0 Å². The van der Waals surface area contributed by atoms with Gasteiger partial charge in [-0.2, -0.15) is 4.99 Å². The number of amides is 2. The Labute approximate surface area is 136 Å². The minimum absolute atomic E-state index is 0.116. The maximum absolute atomic E-state index is 12.1. The summed E-state index contributed by atoms with van der Waals surface area (Å²) in [5.74, 6) is 0.393. The average molecular weight is 325 g/mol. The van der Waals surface area contributed by atoms with Crippen molar-refractivity contribution in [3.05, 3.63) is 15.4 Å². The molecular weight excluding hydrogens is 298 g/mol. The van der Waals surface area contributed by atoms with Crippen molar-refractivity contribution in [2.75, 3.05) is 6.61 Å². The van der Waals surface area contributed by atoms with Crippen molar-refractivity contribution in [3.8, 4) is 0 Å². The summed E-state index contributed by atoms with van der Waals surface area (Å²) in [4.78, 5) is 18.4. The Bertz CT molecular complexity index is 583. The molecule has 2 rings (SSSR count). The number of carbonyl (C=O) groups excluding carboxylic acids is 1. The highest BCUT2D eigenvalue weighted by molar-refractivity contribution is 7.09. The lowest BCUT2D eigenvalue weighted by Gasteiger charge is -2.15. The van der Waals surface area contributed by atoms with Crippen LogP contribution in [0.2, 0.25) is 0 Å². The van der Waals surface area contributed by atoms with Gasteiger partial charge in [0.25, 0.3) is 0 Å². The first kappa shape index (κ1) is 17.2. The Morgan fingerprint density at radius 2 is 2.18 bits per heavy atom. The summed E-state index contributed by atoms with van der Waals surface area (Å²) in [7, 11) is 0. The summed E-state index contributed by atoms with van der Waals surface area (Å²) in [5, 5.41) is 2.93. The molecule has 22 heavy (non-hydrogen) atoms. The molecule has 1 saturated heterocycles. The van der Waals surface area contributed by atoms with Crippen molar-refractivity contribution in [1.29, 1.82) is 0 Å². The Kier molecular flexibility index (Phi) is 5.81. The zero-order valence-electron chi connectivity index (χ0n) is 14.2. The van der Waals surface area contributed by atoms with Gasteiger partial charge in [-0.05, 0) is 39.5 Å². The molecule has 1 aliphatic rings. The highest BCUT2D eigenvalue weighted by Crippen LogP contribution is 2.17. The number of nitrogens with zero attached hydrogens (tertiary/aromatic N) is 2. The summed E-state index contributed by atoms with van der Waals surface area (Å²) < 4.78 is 7.84. The summed E-state index contributed by atoms with van der Waals surface area (Å²) in [6, 6.07) is -0.145. The first-order chi connectivity index (χ1) is 10.4. The Hall–Kier alpha value is -1.14. The van der Waals surface area contributed by atoms with E-state index in [1.807, 2.05) is 6.92 Å². The molecule has 124 valence electrons. The van der Waals surface area contributed by atoms with Crippen LogP contribution in [-0.2, 0) is 11.3 Å². The third-order valence-corrected chi connectivity index (χ3v) is 5.44. The van der Waals surface area contributed by atoms with E-state index in [2.05, 4.69) is 42.6 Å². The average Bonchev–Trinajstić information content (AvgIpc) is 3.03. The number of hydrogen-bond donors (Lipinski definition) is 1. The number of ether oxygens (including phenoxy) is 1. The third-order valence-electron chi connectivity index (χ3n) is 4.35. The van der Waals surface area contributed by atoms with Gasteiger partial charge in [0, 0.05) is 23.2 Å². The third kappa shape index (κ3) is 4.20. The number of aryl methyl sites for hydroxylation is 1. The predicted molar refractivity (Wildman–Crippen MR) is 89.2 cm³/mol. The zero-order valence-corrected chi connectivity index (χ0v) is 15.0. The van der Waals surface area contributed by atoms with Gasteiger partial charge in [-0.3, -0.25) is 0 Å². The summed E-state index contributed by atoms with van der Waals surface area (Å²) in [6.45, 7) is 11.9. The summed E-state index contributed by atoms with van der Waals surface area (Å²) in [6.07, 6.45) is 2.44. The SMILES string of the molecule is Cc1s/c(=N\C(=O)N[C@@H](C)C(C)C)n(CC2CCCO2)c1C. The van der Waals surface area contributed by atoms with Crippen molar-refractivity contribution in [1.82, 2.24) is 9.88 Å².